The van der Waals surface area contributed by atoms with Crippen LogP contribution in [0.3, 0.4) is 0 Å². The van der Waals surface area contributed by atoms with Crippen LogP contribution in [0.4, 0.5) is 0 Å². The van der Waals surface area contributed by atoms with E-state index in [4.69, 9.17) is 0 Å². The van der Waals surface area contributed by atoms with Crippen LogP contribution in [0.2, 0.25) is 0 Å². The summed E-state index contributed by atoms with van der Waals surface area (Å²) in [7, 11) is 0. The van der Waals surface area contributed by atoms with Crippen molar-refractivity contribution < 1.29 is 4.79 Å². The number of amides is 1. The Morgan fingerprint density at radius 3 is 3.07 bits per heavy atom. The molecule has 0 bridgehead atoms. The van der Waals surface area contributed by atoms with Crippen molar-refractivity contribution in [2.24, 2.45) is 0 Å². The highest BCUT2D eigenvalue weighted by molar-refractivity contribution is 5.72. The van der Waals surface area contributed by atoms with Gasteiger partial charge in [-0.25, -0.2) is 0 Å². The smallest absolute Gasteiger partial charge is 0.216 e. The molecule has 78 valence electrons. The van der Waals surface area contributed by atoms with Gasteiger partial charge in [0, 0.05) is 37.3 Å². The lowest BCUT2D eigenvalue weighted by Gasteiger charge is -1.95. The van der Waals surface area contributed by atoms with Crippen LogP contribution in [-0.2, 0) is 4.79 Å². The lowest BCUT2D eigenvalue weighted by atomic mass is 10.2. The first-order valence-corrected chi connectivity index (χ1v) is 4.84. The van der Waals surface area contributed by atoms with Crippen LogP contribution in [0.1, 0.15) is 24.6 Å². The molecule has 1 rings (SSSR count). The predicted octanol–water partition coefficient (Wildman–Crippen LogP) is 1.27. The molecule has 0 aliphatic heterocycles. The van der Waals surface area contributed by atoms with Crippen molar-refractivity contribution in [2.75, 3.05) is 6.54 Å². The number of rotatable bonds is 2. The molecule has 3 heteroatoms. The van der Waals surface area contributed by atoms with Crippen LogP contribution in [0.5, 0.6) is 0 Å². The molecule has 0 atom stereocenters. The highest BCUT2D eigenvalue weighted by Gasteiger charge is 1.88. The second-order valence-corrected chi connectivity index (χ2v) is 3.22. The molecule has 0 saturated carbocycles. The highest BCUT2D eigenvalue weighted by atomic mass is 16.1. The van der Waals surface area contributed by atoms with E-state index in [1.165, 1.54) is 6.92 Å². The Bertz CT molecular complexity index is 402. The van der Waals surface area contributed by atoms with E-state index in [0.29, 0.717) is 13.0 Å². The van der Waals surface area contributed by atoms with Gasteiger partial charge in [-0.15, -0.1) is 0 Å². The summed E-state index contributed by atoms with van der Waals surface area (Å²) in [6.45, 7) is 4.04. The fourth-order valence-corrected chi connectivity index (χ4v) is 1.09. The molecule has 0 fully saturated rings. The number of aryl methyl sites for hydroxylation is 1. The molecule has 1 amide bonds. The van der Waals surface area contributed by atoms with Gasteiger partial charge < -0.3 is 5.32 Å². The largest absolute Gasteiger partial charge is 0.355 e. The topological polar surface area (TPSA) is 42.0 Å². The van der Waals surface area contributed by atoms with Crippen molar-refractivity contribution in [2.45, 2.75) is 20.3 Å². The van der Waals surface area contributed by atoms with Gasteiger partial charge in [0.25, 0.3) is 0 Å². The number of hydrogen-bond donors (Lipinski definition) is 1. The maximum absolute atomic E-state index is 10.6. The number of pyridine rings is 1. The SMILES string of the molecule is CC(=O)NCCC#Cc1ccnc(C)c1. The van der Waals surface area contributed by atoms with E-state index >= 15 is 0 Å². The zero-order chi connectivity index (χ0) is 11.1. The van der Waals surface area contributed by atoms with Gasteiger partial charge in [-0.05, 0) is 19.1 Å². The van der Waals surface area contributed by atoms with Gasteiger partial charge in [0.05, 0.1) is 0 Å². The average molecular weight is 202 g/mol. The maximum atomic E-state index is 10.6. The molecule has 0 saturated heterocycles. The van der Waals surface area contributed by atoms with Crippen LogP contribution in [0.25, 0.3) is 0 Å². The van der Waals surface area contributed by atoms with Crippen molar-refractivity contribution in [3.63, 3.8) is 0 Å². The molecule has 0 radical (unpaired) electrons. The molecular weight excluding hydrogens is 188 g/mol. The summed E-state index contributed by atoms with van der Waals surface area (Å²) in [6.07, 6.45) is 2.41. The minimum absolute atomic E-state index is 0.0171. The summed E-state index contributed by atoms with van der Waals surface area (Å²) in [6, 6.07) is 3.81. The summed E-state index contributed by atoms with van der Waals surface area (Å²) in [5.74, 6) is 5.99. The number of nitrogens with one attached hydrogen (secondary N) is 1. The minimum Gasteiger partial charge on any atom is -0.355 e. The third-order valence-corrected chi connectivity index (χ3v) is 1.75. The van der Waals surface area contributed by atoms with Gasteiger partial charge in [0.2, 0.25) is 5.91 Å². The van der Waals surface area contributed by atoms with E-state index in [1.54, 1.807) is 6.20 Å². The van der Waals surface area contributed by atoms with Crippen molar-refractivity contribution >= 4 is 5.91 Å². The lowest BCUT2D eigenvalue weighted by Crippen LogP contribution is -2.20. The molecule has 0 aliphatic carbocycles. The quantitative estimate of drug-likeness (QED) is 0.579. The first-order chi connectivity index (χ1) is 7.18. The summed E-state index contributed by atoms with van der Waals surface area (Å²) in [5, 5.41) is 2.69. The molecule has 0 aliphatic rings. The van der Waals surface area contributed by atoms with Crippen LogP contribution in [0.15, 0.2) is 18.3 Å². The molecule has 1 aromatic rings. The molecule has 15 heavy (non-hydrogen) atoms. The van der Waals surface area contributed by atoms with Gasteiger partial charge in [0.15, 0.2) is 0 Å². The fraction of sp³-hybridized carbons (Fsp3) is 0.333. The van der Waals surface area contributed by atoms with Crippen molar-refractivity contribution in [3.8, 4) is 11.8 Å². The fourth-order valence-electron chi connectivity index (χ4n) is 1.09. The Labute approximate surface area is 89.9 Å². The minimum atomic E-state index is -0.0171. The van der Waals surface area contributed by atoms with Gasteiger partial charge in [-0.3, -0.25) is 9.78 Å². The van der Waals surface area contributed by atoms with E-state index in [9.17, 15) is 4.79 Å². The van der Waals surface area contributed by atoms with E-state index < -0.39 is 0 Å². The van der Waals surface area contributed by atoms with Crippen LogP contribution in [0, 0.1) is 18.8 Å². The maximum Gasteiger partial charge on any atom is 0.216 e. The monoisotopic (exact) mass is 202 g/mol. The third kappa shape index (κ3) is 4.82. The Balaban J connectivity index is 2.41. The Hall–Kier alpha value is -1.82. The van der Waals surface area contributed by atoms with E-state index in [-0.39, 0.29) is 5.91 Å². The summed E-state index contributed by atoms with van der Waals surface area (Å²) in [4.78, 5) is 14.6. The van der Waals surface area contributed by atoms with Crippen LogP contribution >= 0.6 is 0 Å². The summed E-state index contributed by atoms with van der Waals surface area (Å²) < 4.78 is 0. The Morgan fingerprint density at radius 1 is 1.60 bits per heavy atom. The van der Waals surface area contributed by atoms with Crippen LogP contribution < -0.4 is 5.32 Å². The number of carbonyl (C=O) groups excluding carboxylic acids is 1. The standard InChI is InChI=1S/C12H14N2O/c1-10-9-12(6-8-13-10)5-3-4-7-14-11(2)15/h6,8-9H,4,7H2,1-2H3,(H,14,15). The van der Waals surface area contributed by atoms with Crippen molar-refractivity contribution in [1.82, 2.24) is 10.3 Å². The second-order valence-electron chi connectivity index (χ2n) is 3.22. The molecule has 0 spiro atoms. The third-order valence-electron chi connectivity index (χ3n) is 1.75. The number of carbonyl (C=O) groups is 1. The summed E-state index contributed by atoms with van der Waals surface area (Å²) >= 11 is 0. The van der Waals surface area contributed by atoms with Gasteiger partial charge in [-0.1, -0.05) is 11.8 Å². The zero-order valence-electron chi connectivity index (χ0n) is 9.00. The molecule has 0 aromatic carbocycles. The zero-order valence-corrected chi connectivity index (χ0v) is 9.00. The summed E-state index contributed by atoms with van der Waals surface area (Å²) in [5.41, 5.74) is 1.92. The van der Waals surface area contributed by atoms with E-state index in [1.807, 2.05) is 19.1 Å². The highest BCUT2D eigenvalue weighted by Crippen LogP contribution is 1.97. The average Bonchev–Trinajstić information content (AvgIpc) is 2.17. The van der Waals surface area contributed by atoms with Gasteiger partial charge >= 0.3 is 0 Å². The van der Waals surface area contributed by atoms with Gasteiger partial charge in [-0.2, -0.15) is 0 Å². The molecule has 0 unspecified atom stereocenters. The first kappa shape index (κ1) is 11.3. The van der Waals surface area contributed by atoms with Crippen LogP contribution in [-0.4, -0.2) is 17.4 Å². The second kappa shape index (κ2) is 5.82. The van der Waals surface area contributed by atoms with Crippen molar-refractivity contribution in [3.05, 3.63) is 29.6 Å². The molecular formula is C12H14N2O. The molecule has 1 N–H and O–H groups in total. The number of hydrogen-bond acceptors (Lipinski definition) is 2. The molecule has 1 aromatic heterocycles. The number of aromatic nitrogens is 1. The normalized spacial score (nSPS) is 8.93. The van der Waals surface area contributed by atoms with Crippen molar-refractivity contribution in [1.29, 1.82) is 0 Å². The lowest BCUT2D eigenvalue weighted by molar-refractivity contribution is -0.118. The molecule has 1 heterocycles. The van der Waals surface area contributed by atoms with E-state index in [2.05, 4.69) is 22.1 Å². The predicted molar refractivity (Wildman–Crippen MR) is 59.2 cm³/mol. The Kier molecular flexibility index (Phi) is 4.36. The molecule has 3 nitrogen and oxygen atoms in total. The number of nitrogens with zero attached hydrogens (tertiary/aromatic N) is 1. The van der Waals surface area contributed by atoms with Gasteiger partial charge in [0.1, 0.15) is 0 Å². The first-order valence-electron chi connectivity index (χ1n) is 4.84. The Morgan fingerprint density at radius 2 is 2.40 bits per heavy atom. The van der Waals surface area contributed by atoms with E-state index in [0.717, 1.165) is 11.3 Å².